The van der Waals surface area contributed by atoms with Crippen molar-refractivity contribution in [1.29, 1.82) is 0 Å². The second-order valence-electron chi connectivity index (χ2n) is 4.87. The van der Waals surface area contributed by atoms with Crippen molar-refractivity contribution in [3.8, 4) is 0 Å². The summed E-state index contributed by atoms with van der Waals surface area (Å²) in [5.74, 6) is -1.15. The number of urea groups is 1. The first kappa shape index (κ1) is 15.5. The number of anilines is 2. The fourth-order valence-electron chi connectivity index (χ4n) is 2.29. The molecule has 1 heterocycles. The minimum Gasteiger partial charge on any atom is -0.273 e. The third-order valence-corrected chi connectivity index (χ3v) is 3.86. The summed E-state index contributed by atoms with van der Waals surface area (Å²) < 4.78 is 0. The second kappa shape index (κ2) is 6.02. The van der Waals surface area contributed by atoms with Crippen LogP contribution in [0.1, 0.15) is 6.42 Å². The Balaban J connectivity index is 2.00. The molecule has 0 aliphatic carbocycles. The molecule has 0 N–H and O–H groups in total. The highest BCUT2D eigenvalue weighted by Crippen LogP contribution is 2.27. The molecule has 7 heteroatoms. The van der Waals surface area contributed by atoms with Gasteiger partial charge in [0, 0.05) is 10.0 Å². The van der Waals surface area contributed by atoms with Gasteiger partial charge in [0.15, 0.2) is 0 Å². The number of hydrogen-bond donors (Lipinski definition) is 0. The molecule has 1 aliphatic rings. The van der Waals surface area contributed by atoms with Gasteiger partial charge in [-0.25, -0.2) is 14.6 Å². The van der Waals surface area contributed by atoms with Crippen LogP contribution in [0, 0.1) is 0 Å². The standard InChI is InChI=1S/C16H10Cl2N2O3/c17-10-1-5-12(6-2-10)19-14(21)9-15(22)20(16(19)23)13-7-3-11(18)4-8-13/h1-8H,9H2. The average molecular weight is 349 g/mol. The normalized spacial score (nSPS) is 15.3. The highest BCUT2D eigenvalue weighted by atomic mass is 35.5. The maximum Gasteiger partial charge on any atom is 0.342 e. The van der Waals surface area contributed by atoms with Crippen molar-refractivity contribution < 1.29 is 14.4 Å². The van der Waals surface area contributed by atoms with Gasteiger partial charge in [-0.2, -0.15) is 0 Å². The lowest BCUT2D eigenvalue weighted by Gasteiger charge is -2.32. The van der Waals surface area contributed by atoms with Crippen molar-refractivity contribution in [3.05, 3.63) is 58.6 Å². The Morgan fingerprint density at radius 1 is 0.652 bits per heavy atom. The molecule has 0 radical (unpaired) electrons. The molecule has 3 rings (SSSR count). The van der Waals surface area contributed by atoms with E-state index in [2.05, 4.69) is 0 Å². The van der Waals surface area contributed by atoms with E-state index >= 15 is 0 Å². The van der Waals surface area contributed by atoms with E-state index in [0.29, 0.717) is 21.4 Å². The number of barbiturate groups is 1. The van der Waals surface area contributed by atoms with Crippen LogP contribution in [0.25, 0.3) is 0 Å². The molecule has 5 nitrogen and oxygen atoms in total. The van der Waals surface area contributed by atoms with Gasteiger partial charge in [-0.3, -0.25) is 9.59 Å². The van der Waals surface area contributed by atoms with Gasteiger partial charge in [0.2, 0.25) is 11.8 Å². The molecular formula is C16H10Cl2N2O3. The molecule has 116 valence electrons. The molecule has 1 aliphatic heterocycles. The molecule has 1 saturated heterocycles. The molecule has 4 amide bonds. The molecule has 2 aromatic rings. The van der Waals surface area contributed by atoms with E-state index in [1.165, 1.54) is 0 Å². The Labute approximate surface area is 142 Å². The fraction of sp³-hybridized carbons (Fsp3) is 0.0625. The minimum atomic E-state index is -0.726. The Morgan fingerprint density at radius 3 is 1.35 bits per heavy atom. The van der Waals surface area contributed by atoms with Gasteiger partial charge in [0.05, 0.1) is 11.4 Å². The first-order valence-corrected chi connectivity index (χ1v) is 7.44. The number of amides is 4. The predicted molar refractivity (Wildman–Crippen MR) is 87.9 cm³/mol. The van der Waals surface area contributed by atoms with Crippen LogP contribution in [0.3, 0.4) is 0 Å². The molecule has 1 fully saturated rings. The predicted octanol–water partition coefficient (Wildman–Crippen LogP) is 3.88. The van der Waals surface area contributed by atoms with Crippen molar-refractivity contribution in [3.63, 3.8) is 0 Å². The van der Waals surface area contributed by atoms with Crippen LogP contribution < -0.4 is 9.80 Å². The topological polar surface area (TPSA) is 57.7 Å². The van der Waals surface area contributed by atoms with Crippen LogP contribution in [0.4, 0.5) is 16.2 Å². The second-order valence-corrected chi connectivity index (χ2v) is 5.74. The van der Waals surface area contributed by atoms with Gasteiger partial charge < -0.3 is 0 Å². The molecule has 0 spiro atoms. The van der Waals surface area contributed by atoms with Crippen LogP contribution in [-0.2, 0) is 9.59 Å². The number of benzene rings is 2. The molecule has 0 bridgehead atoms. The zero-order valence-electron chi connectivity index (χ0n) is 11.7. The van der Waals surface area contributed by atoms with Crippen LogP contribution in [0.2, 0.25) is 10.0 Å². The van der Waals surface area contributed by atoms with Crippen molar-refractivity contribution in [2.24, 2.45) is 0 Å². The molecular weight excluding hydrogens is 339 g/mol. The quantitative estimate of drug-likeness (QED) is 0.773. The van der Waals surface area contributed by atoms with E-state index in [1.807, 2.05) is 0 Å². The first-order chi connectivity index (χ1) is 11.0. The lowest BCUT2D eigenvalue weighted by molar-refractivity contribution is -0.126. The Hall–Kier alpha value is -2.37. The number of carbonyl (C=O) groups excluding carboxylic acids is 3. The van der Waals surface area contributed by atoms with Crippen LogP contribution in [0.5, 0.6) is 0 Å². The van der Waals surface area contributed by atoms with E-state index in [0.717, 1.165) is 9.80 Å². The number of imide groups is 2. The van der Waals surface area contributed by atoms with Gasteiger partial charge >= 0.3 is 6.03 Å². The van der Waals surface area contributed by atoms with Gasteiger partial charge in [0.1, 0.15) is 6.42 Å². The van der Waals surface area contributed by atoms with Gasteiger partial charge in [-0.1, -0.05) is 23.2 Å². The molecule has 0 unspecified atom stereocenters. The molecule has 2 aromatic carbocycles. The monoisotopic (exact) mass is 348 g/mol. The van der Waals surface area contributed by atoms with Crippen LogP contribution >= 0.6 is 23.2 Å². The molecule has 0 saturated carbocycles. The summed E-state index contributed by atoms with van der Waals surface area (Å²) >= 11 is 11.6. The molecule has 0 atom stereocenters. The van der Waals surface area contributed by atoms with Gasteiger partial charge in [0.25, 0.3) is 0 Å². The summed E-state index contributed by atoms with van der Waals surface area (Å²) in [6, 6.07) is 11.8. The third kappa shape index (κ3) is 2.93. The smallest absolute Gasteiger partial charge is 0.273 e. The van der Waals surface area contributed by atoms with E-state index in [-0.39, 0.29) is 0 Å². The van der Waals surface area contributed by atoms with E-state index in [4.69, 9.17) is 23.2 Å². The summed E-state index contributed by atoms with van der Waals surface area (Å²) in [6.45, 7) is 0. The lowest BCUT2D eigenvalue weighted by Crippen LogP contribution is -2.55. The number of carbonyl (C=O) groups is 3. The van der Waals surface area contributed by atoms with Crippen molar-refractivity contribution in [2.75, 3.05) is 9.80 Å². The number of nitrogens with zero attached hydrogens (tertiary/aromatic N) is 2. The number of hydrogen-bond acceptors (Lipinski definition) is 3. The van der Waals surface area contributed by atoms with E-state index < -0.39 is 24.3 Å². The number of rotatable bonds is 2. The largest absolute Gasteiger partial charge is 0.342 e. The zero-order valence-corrected chi connectivity index (χ0v) is 13.2. The SMILES string of the molecule is O=C1CC(=O)N(c2ccc(Cl)cc2)C(=O)N1c1ccc(Cl)cc1. The highest BCUT2D eigenvalue weighted by molar-refractivity contribution is 6.36. The summed E-state index contributed by atoms with van der Waals surface area (Å²) in [5, 5.41) is 0.965. The zero-order chi connectivity index (χ0) is 16.6. The summed E-state index contributed by atoms with van der Waals surface area (Å²) in [5.41, 5.74) is 0.715. The molecule has 0 aromatic heterocycles. The summed E-state index contributed by atoms with van der Waals surface area (Å²) in [7, 11) is 0. The van der Waals surface area contributed by atoms with Crippen LogP contribution in [-0.4, -0.2) is 17.8 Å². The minimum absolute atomic E-state index is 0.357. The van der Waals surface area contributed by atoms with E-state index in [1.54, 1.807) is 48.5 Å². The average Bonchev–Trinajstić information content (AvgIpc) is 2.50. The Kier molecular flexibility index (Phi) is 4.07. The Morgan fingerprint density at radius 2 is 1.00 bits per heavy atom. The summed E-state index contributed by atoms with van der Waals surface area (Å²) in [6.07, 6.45) is -0.392. The number of halogens is 2. The fourth-order valence-corrected chi connectivity index (χ4v) is 2.54. The first-order valence-electron chi connectivity index (χ1n) is 6.68. The Bertz CT molecular complexity index is 722. The van der Waals surface area contributed by atoms with E-state index in [9.17, 15) is 14.4 Å². The maximum absolute atomic E-state index is 12.7. The third-order valence-electron chi connectivity index (χ3n) is 3.35. The lowest BCUT2D eigenvalue weighted by atomic mass is 10.2. The van der Waals surface area contributed by atoms with Crippen molar-refractivity contribution in [2.45, 2.75) is 6.42 Å². The van der Waals surface area contributed by atoms with Gasteiger partial charge in [-0.15, -0.1) is 0 Å². The van der Waals surface area contributed by atoms with Crippen molar-refractivity contribution >= 4 is 52.4 Å². The van der Waals surface area contributed by atoms with Gasteiger partial charge in [-0.05, 0) is 48.5 Å². The highest BCUT2D eigenvalue weighted by Gasteiger charge is 2.39. The maximum atomic E-state index is 12.7. The van der Waals surface area contributed by atoms with Crippen molar-refractivity contribution in [1.82, 2.24) is 0 Å². The summed E-state index contributed by atoms with van der Waals surface area (Å²) in [4.78, 5) is 38.9. The molecule has 23 heavy (non-hydrogen) atoms. The van der Waals surface area contributed by atoms with Crippen LogP contribution in [0.15, 0.2) is 48.5 Å².